The van der Waals surface area contributed by atoms with E-state index >= 15 is 0 Å². The van der Waals surface area contributed by atoms with Gasteiger partial charge >= 0.3 is 0 Å². The predicted molar refractivity (Wildman–Crippen MR) is 151 cm³/mol. The van der Waals surface area contributed by atoms with Crippen LogP contribution in [0.4, 0.5) is 5.82 Å². The van der Waals surface area contributed by atoms with Crippen molar-refractivity contribution in [2.24, 2.45) is 0 Å². The zero-order valence-electron chi connectivity index (χ0n) is 21.8. The van der Waals surface area contributed by atoms with Gasteiger partial charge in [0, 0.05) is 56.0 Å². The minimum atomic E-state index is -0.364. The van der Waals surface area contributed by atoms with Gasteiger partial charge in [-0.15, -0.1) is 0 Å². The van der Waals surface area contributed by atoms with Crippen LogP contribution in [0.3, 0.4) is 0 Å². The molecule has 1 fully saturated rings. The number of nitrogens with zero attached hydrogens (tertiary/aromatic N) is 4. The molecule has 0 bridgehead atoms. The summed E-state index contributed by atoms with van der Waals surface area (Å²) in [6.45, 7) is 8.53. The van der Waals surface area contributed by atoms with Crippen LogP contribution in [0.15, 0.2) is 84.9 Å². The molecule has 1 aromatic heterocycles. The van der Waals surface area contributed by atoms with E-state index in [4.69, 9.17) is 9.97 Å². The van der Waals surface area contributed by atoms with Gasteiger partial charge in [-0.05, 0) is 37.0 Å². The Morgan fingerprint density at radius 2 is 1.43 bits per heavy atom. The van der Waals surface area contributed by atoms with Crippen molar-refractivity contribution in [3.8, 4) is 11.4 Å². The van der Waals surface area contributed by atoms with Crippen molar-refractivity contribution in [1.82, 2.24) is 14.9 Å². The summed E-state index contributed by atoms with van der Waals surface area (Å²) in [6.07, 6.45) is 1.14. The number of aromatic nitrogens is 2. The Hall–Kier alpha value is -3.54. The zero-order chi connectivity index (χ0) is 25.6. The molecule has 5 rings (SSSR count). The molecule has 37 heavy (non-hydrogen) atoms. The number of aliphatic hydroxyl groups is 1. The van der Waals surface area contributed by atoms with Crippen molar-refractivity contribution in [2.75, 3.05) is 37.6 Å². The van der Waals surface area contributed by atoms with Crippen LogP contribution >= 0.6 is 0 Å². The fourth-order valence-corrected chi connectivity index (χ4v) is 5.16. The van der Waals surface area contributed by atoms with Gasteiger partial charge in [-0.2, -0.15) is 0 Å². The van der Waals surface area contributed by atoms with Crippen molar-refractivity contribution in [1.29, 1.82) is 0 Å². The number of hydrogen-bond acceptors (Lipinski definition) is 5. The van der Waals surface area contributed by atoms with E-state index in [1.165, 1.54) is 22.3 Å². The smallest absolute Gasteiger partial charge is 0.161 e. The van der Waals surface area contributed by atoms with Gasteiger partial charge in [0.1, 0.15) is 5.82 Å². The number of hydrogen-bond donors (Lipinski definition) is 1. The quantitative estimate of drug-likeness (QED) is 0.372. The second-order valence-corrected chi connectivity index (χ2v) is 10.0. The van der Waals surface area contributed by atoms with Gasteiger partial charge in [-0.3, -0.25) is 4.90 Å². The first-order valence-electron chi connectivity index (χ1n) is 13.2. The van der Waals surface area contributed by atoms with Crippen molar-refractivity contribution < 1.29 is 5.11 Å². The average molecular weight is 493 g/mol. The summed E-state index contributed by atoms with van der Waals surface area (Å²) in [5.41, 5.74) is 7.05. The van der Waals surface area contributed by atoms with E-state index in [0.717, 1.165) is 55.5 Å². The van der Waals surface area contributed by atoms with Crippen LogP contribution in [-0.2, 0) is 12.8 Å². The Balaban J connectivity index is 1.35. The molecule has 1 saturated heterocycles. The number of piperazine rings is 1. The van der Waals surface area contributed by atoms with Crippen LogP contribution in [0.25, 0.3) is 11.4 Å². The van der Waals surface area contributed by atoms with Crippen molar-refractivity contribution in [2.45, 2.75) is 32.8 Å². The first-order valence-corrected chi connectivity index (χ1v) is 13.2. The molecule has 0 aliphatic carbocycles. The Bertz CT molecular complexity index is 1300. The van der Waals surface area contributed by atoms with Gasteiger partial charge in [0.25, 0.3) is 0 Å². The molecule has 0 unspecified atom stereocenters. The van der Waals surface area contributed by atoms with E-state index in [2.05, 4.69) is 72.2 Å². The molecule has 2 heterocycles. The summed E-state index contributed by atoms with van der Waals surface area (Å²) < 4.78 is 0. The first-order chi connectivity index (χ1) is 18.1. The maximum atomic E-state index is 10.7. The summed E-state index contributed by atoms with van der Waals surface area (Å²) in [7, 11) is 0. The second kappa shape index (κ2) is 11.7. The third kappa shape index (κ3) is 6.24. The molecule has 3 aromatic carbocycles. The summed E-state index contributed by atoms with van der Waals surface area (Å²) in [5, 5.41) is 10.7. The fraction of sp³-hybridized carbons (Fsp3) is 0.312. The highest BCUT2D eigenvalue weighted by atomic mass is 16.3. The average Bonchev–Trinajstić information content (AvgIpc) is 2.92. The van der Waals surface area contributed by atoms with E-state index in [-0.39, 0.29) is 6.10 Å². The Labute approximate surface area is 220 Å². The molecule has 0 saturated carbocycles. The number of aliphatic hydroxyl groups excluding tert-OH is 1. The van der Waals surface area contributed by atoms with E-state index < -0.39 is 0 Å². The van der Waals surface area contributed by atoms with Gasteiger partial charge in [-0.1, -0.05) is 84.9 Å². The summed E-state index contributed by atoms with van der Waals surface area (Å²) >= 11 is 0. The van der Waals surface area contributed by atoms with Gasteiger partial charge in [0.15, 0.2) is 5.82 Å². The molecular weight excluding hydrogens is 456 g/mol. The number of β-amino-alcohol motifs (C(OH)–C–C–N with tert-alkyl or cyclic N) is 1. The van der Waals surface area contributed by atoms with Gasteiger partial charge < -0.3 is 10.0 Å². The topological polar surface area (TPSA) is 52.5 Å². The monoisotopic (exact) mass is 492 g/mol. The SMILES string of the molecule is Cc1ccccc1Cc1c(C)nc(-c2ccccc2)nc1N1CCN(C[C@H](O)Cc2ccccc2)CC1. The van der Waals surface area contributed by atoms with Crippen molar-refractivity contribution >= 4 is 5.82 Å². The lowest BCUT2D eigenvalue weighted by Crippen LogP contribution is -2.49. The molecule has 0 spiro atoms. The predicted octanol–water partition coefficient (Wildman–Crippen LogP) is 5.08. The van der Waals surface area contributed by atoms with Crippen LogP contribution in [0.5, 0.6) is 0 Å². The zero-order valence-corrected chi connectivity index (χ0v) is 21.8. The molecule has 1 atom stereocenters. The van der Waals surface area contributed by atoms with E-state index in [1.54, 1.807) is 0 Å². The first kappa shape index (κ1) is 25.1. The molecule has 190 valence electrons. The Morgan fingerprint density at radius 3 is 2.14 bits per heavy atom. The minimum absolute atomic E-state index is 0.364. The molecule has 4 aromatic rings. The van der Waals surface area contributed by atoms with Crippen LogP contribution in [0.1, 0.15) is 27.9 Å². The summed E-state index contributed by atoms with van der Waals surface area (Å²) in [6, 6.07) is 29.1. The van der Waals surface area contributed by atoms with E-state index in [0.29, 0.717) is 13.0 Å². The number of aryl methyl sites for hydroxylation is 2. The van der Waals surface area contributed by atoms with E-state index in [1.807, 2.05) is 36.4 Å². The second-order valence-electron chi connectivity index (χ2n) is 10.0. The lowest BCUT2D eigenvalue weighted by atomic mass is 9.99. The lowest BCUT2D eigenvalue weighted by Gasteiger charge is -2.37. The van der Waals surface area contributed by atoms with Crippen LogP contribution in [-0.4, -0.2) is 58.8 Å². The normalized spacial score (nSPS) is 15.1. The highest BCUT2D eigenvalue weighted by molar-refractivity contribution is 5.61. The fourth-order valence-electron chi connectivity index (χ4n) is 5.16. The molecule has 0 radical (unpaired) electrons. The Kier molecular flexibility index (Phi) is 7.93. The standard InChI is InChI=1S/C32H36N4O/c1-24-11-9-10-16-28(24)22-30-25(2)33-31(27-14-7-4-8-15-27)34-32(30)36-19-17-35(18-20-36)23-29(37)21-26-12-5-3-6-13-26/h3-16,29,37H,17-23H2,1-2H3/t29-/m1/s1. The third-order valence-electron chi connectivity index (χ3n) is 7.31. The molecule has 1 aliphatic rings. The van der Waals surface area contributed by atoms with Gasteiger partial charge in [0.2, 0.25) is 0 Å². The maximum absolute atomic E-state index is 10.7. The molecule has 1 N–H and O–H groups in total. The van der Waals surface area contributed by atoms with Gasteiger partial charge in [-0.25, -0.2) is 9.97 Å². The van der Waals surface area contributed by atoms with Crippen molar-refractivity contribution in [3.05, 3.63) is 113 Å². The minimum Gasteiger partial charge on any atom is -0.391 e. The highest BCUT2D eigenvalue weighted by Crippen LogP contribution is 2.29. The number of rotatable bonds is 8. The highest BCUT2D eigenvalue weighted by Gasteiger charge is 2.24. The third-order valence-corrected chi connectivity index (χ3v) is 7.31. The van der Waals surface area contributed by atoms with Crippen molar-refractivity contribution in [3.63, 3.8) is 0 Å². The van der Waals surface area contributed by atoms with E-state index in [9.17, 15) is 5.11 Å². The molecule has 5 heteroatoms. The molecular formula is C32H36N4O. The maximum Gasteiger partial charge on any atom is 0.161 e. The summed E-state index contributed by atoms with van der Waals surface area (Å²) in [4.78, 5) is 14.9. The van der Waals surface area contributed by atoms with Crippen LogP contribution < -0.4 is 4.90 Å². The number of anilines is 1. The van der Waals surface area contributed by atoms with Gasteiger partial charge in [0.05, 0.1) is 6.10 Å². The molecule has 0 amide bonds. The molecule has 5 nitrogen and oxygen atoms in total. The van der Waals surface area contributed by atoms with Crippen LogP contribution in [0, 0.1) is 13.8 Å². The summed E-state index contributed by atoms with van der Waals surface area (Å²) in [5.74, 6) is 1.82. The van der Waals surface area contributed by atoms with Crippen LogP contribution in [0.2, 0.25) is 0 Å². The largest absolute Gasteiger partial charge is 0.391 e. The molecule has 1 aliphatic heterocycles. The Morgan fingerprint density at radius 1 is 0.784 bits per heavy atom. The lowest BCUT2D eigenvalue weighted by molar-refractivity contribution is 0.109. The number of benzene rings is 3.